The largest absolute Gasteiger partial charge is 0.504 e. The van der Waals surface area contributed by atoms with Gasteiger partial charge in [-0.25, -0.2) is 13.6 Å². The summed E-state index contributed by atoms with van der Waals surface area (Å²) in [6.07, 6.45) is 0. The number of sulfonamides is 1. The predicted octanol–water partition coefficient (Wildman–Crippen LogP) is 1.59. The van der Waals surface area contributed by atoms with E-state index in [2.05, 4.69) is 5.48 Å². The summed E-state index contributed by atoms with van der Waals surface area (Å²) in [5, 5.41) is 14.9. The molecule has 0 aliphatic heterocycles. The molecule has 0 saturated carbocycles. The summed E-state index contributed by atoms with van der Waals surface area (Å²) < 4.78 is 27.3. The van der Waals surface area contributed by atoms with Crippen molar-refractivity contribution in [2.24, 2.45) is 5.14 Å². The first kappa shape index (κ1) is 16.1. The average molecular weight is 324 g/mol. The van der Waals surface area contributed by atoms with Crippen LogP contribution in [0.5, 0.6) is 11.5 Å². The van der Waals surface area contributed by atoms with Crippen LogP contribution in [0, 0.1) is 0 Å². The van der Waals surface area contributed by atoms with E-state index in [0.29, 0.717) is 17.0 Å². The minimum absolute atomic E-state index is 0.0105. The monoisotopic (exact) mass is 324 g/mol. The van der Waals surface area contributed by atoms with E-state index in [0.717, 1.165) is 0 Å². The molecule has 2 aromatic carbocycles. The van der Waals surface area contributed by atoms with Gasteiger partial charge in [0.15, 0.2) is 11.5 Å². The fraction of sp³-hybridized carbons (Fsp3) is 0.143. The minimum atomic E-state index is -3.71. The molecule has 0 fully saturated rings. The smallest absolute Gasteiger partial charge is 0.238 e. The lowest BCUT2D eigenvalue weighted by Crippen LogP contribution is -2.12. The number of para-hydroxylation sites is 1. The lowest BCUT2D eigenvalue weighted by molar-refractivity contribution is 0.177. The number of benzene rings is 2. The van der Waals surface area contributed by atoms with Crippen molar-refractivity contribution in [3.8, 4) is 11.5 Å². The van der Waals surface area contributed by atoms with Crippen molar-refractivity contribution in [2.45, 2.75) is 11.5 Å². The normalized spacial score (nSPS) is 11.2. The van der Waals surface area contributed by atoms with Gasteiger partial charge in [0.05, 0.1) is 17.7 Å². The highest BCUT2D eigenvalue weighted by Gasteiger charge is 2.08. The topological polar surface area (TPSA) is 111 Å². The van der Waals surface area contributed by atoms with E-state index < -0.39 is 10.0 Å². The third-order valence-corrected chi connectivity index (χ3v) is 3.83. The van der Waals surface area contributed by atoms with Crippen molar-refractivity contribution in [1.29, 1.82) is 0 Å². The van der Waals surface area contributed by atoms with E-state index in [-0.39, 0.29) is 17.3 Å². The molecule has 0 aliphatic carbocycles. The van der Waals surface area contributed by atoms with E-state index in [4.69, 9.17) is 14.7 Å². The first-order valence-electron chi connectivity index (χ1n) is 6.27. The number of primary sulfonamides is 1. The maximum atomic E-state index is 11.1. The molecule has 8 heteroatoms. The molecule has 0 aromatic heterocycles. The summed E-state index contributed by atoms with van der Waals surface area (Å²) in [5.74, 6) is 0.370. The van der Waals surface area contributed by atoms with Gasteiger partial charge in [0.1, 0.15) is 6.61 Å². The zero-order valence-corrected chi connectivity index (χ0v) is 12.6. The molecule has 0 aliphatic rings. The third kappa shape index (κ3) is 3.88. The van der Waals surface area contributed by atoms with Gasteiger partial charge in [-0.1, -0.05) is 12.1 Å². The van der Waals surface area contributed by atoms with Crippen LogP contribution in [0.2, 0.25) is 0 Å². The van der Waals surface area contributed by atoms with Gasteiger partial charge >= 0.3 is 0 Å². The Kier molecular flexibility index (Phi) is 4.86. The minimum Gasteiger partial charge on any atom is -0.504 e. The SMILES string of the molecule is COc1cccc(CONc2ccc(S(N)(=O)=O)cc2)c1O. The summed E-state index contributed by atoms with van der Waals surface area (Å²) >= 11 is 0. The summed E-state index contributed by atoms with van der Waals surface area (Å²) in [6.45, 7) is 0.0972. The van der Waals surface area contributed by atoms with Crippen LogP contribution in [0.4, 0.5) is 5.69 Å². The van der Waals surface area contributed by atoms with Gasteiger partial charge in [-0.2, -0.15) is 0 Å². The second-order valence-electron chi connectivity index (χ2n) is 4.43. The number of nitrogens with two attached hydrogens (primary N) is 1. The third-order valence-electron chi connectivity index (χ3n) is 2.90. The van der Waals surface area contributed by atoms with E-state index in [9.17, 15) is 13.5 Å². The number of hydrogen-bond donors (Lipinski definition) is 3. The number of ether oxygens (including phenoxy) is 1. The second-order valence-corrected chi connectivity index (χ2v) is 5.99. The summed E-state index contributed by atoms with van der Waals surface area (Å²) in [4.78, 5) is 5.28. The number of phenolic OH excluding ortho intramolecular Hbond substituents is 1. The Balaban J connectivity index is 1.97. The molecule has 0 atom stereocenters. The molecule has 0 spiro atoms. The van der Waals surface area contributed by atoms with Gasteiger partial charge in [-0.3, -0.25) is 10.3 Å². The van der Waals surface area contributed by atoms with Crippen LogP contribution in [-0.2, 0) is 21.5 Å². The van der Waals surface area contributed by atoms with Crippen molar-refractivity contribution < 1.29 is 23.1 Å². The number of aromatic hydroxyl groups is 1. The molecule has 0 bridgehead atoms. The van der Waals surface area contributed by atoms with Crippen molar-refractivity contribution in [2.75, 3.05) is 12.6 Å². The van der Waals surface area contributed by atoms with Crippen molar-refractivity contribution >= 4 is 15.7 Å². The van der Waals surface area contributed by atoms with Gasteiger partial charge in [0.2, 0.25) is 10.0 Å². The number of anilines is 1. The standard InChI is InChI=1S/C14H16N2O5S/c1-20-13-4-2-3-10(14(13)17)9-21-16-11-5-7-12(8-6-11)22(15,18)19/h2-8,16-17H,9H2,1H3,(H2,15,18,19). The van der Waals surface area contributed by atoms with E-state index >= 15 is 0 Å². The van der Waals surface area contributed by atoms with E-state index in [1.165, 1.54) is 31.4 Å². The van der Waals surface area contributed by atoms with E-state index in [1.54, 1.807) is 18.2 Å². The molecule has 7 nitrogen and oxygen atoms in total. The van der Waals surface area contributed by atoms with Crippen LogP contribution >= 0.6 is 0 Å². The maximum Gasteiger partial charge on any atom is 0.238 e. The lowest BCUT2D eigenvalue weighted by atomic mass is 10.2. The van der Waals surface area contributed by atoms with Gasteiger partial charge < -0.3 is 9.84 Å². The van der Waals surface area contributed by atoms with Crippen molar-refractivity contribution in [3.63, 3.8) is 0 Å². The zero-order valence-electron chi connectivity index (χ0n) is 11.8. The Morgan fingerprint density at radius 1 is 1.18 bits per heavy atom. The number of phenols is 1. The fourth-order valence-electron chi connectivity index (χ4n) is 1.76. The highest BCUT2D eigenvalue weighted by molar-refractivity contribution is 7.89. The highest BCUT2D eigenvalue weighted by atomic mass is 32.2. The molecule has 118 valence electrons. The molecule has 4 N–H and O–H groups in total. The van der Waals surface area contributed by atoms with Crippen molar-refractivity contribution in [1.82, 2.24) is 0 Å². The Hall–Kier alpha value is -2.29. The first-order chi connectivity index (χ1) is 10.4. The first-order valence-corrected chi connectivity index (χ1v) is 7.82. The van der Waals surface area contributed by atoms with Gasteiger partial charge in [0, 0.05) is 5.56 Å². The van der Waals surface area contributed by atoms with Crippen LogP contribution in [0.1, 0.15) is 5.56 Å². The molecule has 2 aromatic rings. The Bertz CT molecular complexity index is 744. The summed E-state index contributed by atoms with van der Waals surface area (Å²) in [7, 11) is -2.25. The second kappa shape index (κ2) is 6.65. The molecule has 2 rings (SSSR count). The van der Waals surface area contributed by atoms with Gasteiger partial charge in [-0.05, 0) is 30.3 Å². The van der Waals surface area contributed by atoms with Crippen LogP contribution in [0.3, 0.4) is 0 Å². The van der Waals surface area contributed by atoms with Gasteiger partial charge in [-0.15, -0.1) is 0 Å². The van der Waals surface area contributed by atoms with Crippen LogP contribution in [0.15, 0.2) is 47.4 Å². The number of nitrogens with one attached hydrogen (secondary N) is 1. The van der Waals surface area contributed by atoms with Crippen LogP contribution in [-0.4, -0.2) is 20.6 Å². The van der Waals surface area contributed by atoms with Crippen LogP contribution < -0.4 is 15.4 Å². The van der Waals surface area contributed by atoms with E-state index in [1.807, 2.05) is 0 Å². The Labute approximate surface area is 128 Å². The van der Waals surface area contributed by atoms with Crippen molar-refractivity contribution in [3.05, 3.63) is 48.0 Å². The molecule has 22 heavy (non-hydrogen) atoms. The molecule has 0 unspecified atom stereocenters. The molecule has 0 amide bonds. The maximum absolute atomic E-state index is 11.1. The summed E-state index contributed by atoms with van der Waals surface area (Å²) in [5.41, 5.74) is 3.75. The molecular formula is C14H16N2O5S. The van der Waals surface area contributed by atoms with Crippen LogP contribution in [0.25, 0.3) is 0 Å². The fourth-order valence-corrected chi connectivity index (χ4v) is 2.27. The molecule has 0 radical (unpaired) electrons. The molecule has 0 heterocycles. The Morgan fingerprint density at radius 2 is 1.86 bits per heavy atom. The summed E-state index contributed by atoms with van der Waals surface area (Å²) in [6, 6.07) is 10.8. The highest BCUT2D eigenvalue weighted by Crippen LogP contribution is 2.29. The number of rotatable bonds is 6. The van der Waals surface area contributed by atoms with Gasteiger partial charge in [0.25, 0.3) is 0 Å². The predicted molar refractivity (Wildman–Crippen MR) is 80.9 cm³/mol. The Morgan fingerprint density at radius 3 is 2.45 bits per heavy atom. The molecular weight excluding hydrogens is 308 g/mol. The quantitative estimate of drug-likeness (QED) is 0.696. The lowest BCUT2D eigenvalue weighted by Gasteiger charge is -2.10. The molecule has 0 saturated heterocycles. The number of hydrogen-bond acceptors (Lipinski definition) is 6. The average Bonchev–Trinajstić information content (AvgIpc) is 2.48. The zero-order chi connectivity index (χ0) is 16.2. The number of methoxy groups -OCH3 is 1.